The lowest BCUT2D eigenvalue weighted by molar-refractivity contribution is 0.0955. The molecule has 0 fully saturated rings. The largest absolute Gasteiger partial charge is 0.351 e. The van der Waals surface area contributed by atoms with Gasteiger partial charge in [-0.05, 0) is 31.6 Å². The number of hydrogen-bond donors (Lipinski definition) is 2. The highest BCUT2D eigenvalue weighted by Crippen LogP contribution is 2.09. The summed E-state index contributed by atoms with van der Waals surface area (Å²) in [4.78, 5) is 12.0. The summed E-state index contributed by atoms with van der Waals surface area (Å²) in [5, 5.41) is 5.86. The number of nitrogens with one attached hydrogen (secondary N) is 2. The molecule has 0 aliphatic rings. The second-order valence-corrected chi connectivity index (χ2v) is 5.60. The molecule has 0 saturated heterocycles. The lowest BCUT2D eigenvalue weighted by Crippen LogP contribution is -2.28. The number of carbonyl (C=O) groups excluding carboxylic acids is 1. The van der Waals surface area contributed by atoms with Crippen LogP contribution in [0.3, 0.4) is 0 Å². The van der Waals surface area contributed by atoms with Gasteiger partial charge in [-0.3, -0.25) is 9.00 Å². The van der Waals surface area contributed by atoms with Crippen molar-refractivity contribution in [2.24, 2.45) is 0 Å². The third kappa shape index (κ3) is 4.98. The Bertz CT molecular complexity index is 421. The van der Waals surface area contributed by atoms with Gasteiger partial charge in [-0.1, -0.05) is 18.2 Å². The van der Waals surface area contributed by atoms with E-state index in [0.717, 1.165) is 18.5 Å². The van der Waals surface area contributed by atoms with Crippen molar-refractivity contribution in [3.8, 4) is 0 Å². The van der Waals surface area contributed by atoms with Gasteiger partial charge in [0.25, 0.3) is 5.91 Å². The van der Waals surface area contributed by atoms with E-state index in [4.69, 9.17) is 0 Å². The van der Waals surface area contributed by atoms with Crippen molar-refractivity contribution in [3.05, 3.63) is 35.4 Å². The molecule has 0 aliphatic carbocycles. The second-order valence-electron chi connectivity index (χ2n) is 4.04. The molecule has 0 bridgehead atoms. The molecule has 1 unspecified atom stereocenters. The van der Waals surface area contributed by atoms with Gasteiger partial charge < -0.3 is 10.6 Å². The van der Waals surface area contributed by atoms with Crippen LogP contribution in [-0.2, 0) is 17.2 Å². The summed E-state index contributed by atoms with van der Waals surface area (Å²) in [6.45, 7) is 1.28. The van der Waals surface area contributed by atoms with Crippen molar-refractivity contribution < 1.29 is 9.00 Å². The molecule has 1 rings (SSSR count). The Balaban J connectivity index is 2.63. The average molecular weight is 268 g/mol. The maximum absolute atomic E-state index is 12.0. The fraction of sp³-hybridized carbons (Fsp3) is 0.462. The standard InChI is InChI=1S/C13H20N2O2S/c1-14-8-7-11-5-3-4-6-12(11)13(16)15-9-10-18(2)17/h3-6,14H,7-10H2,1-2H3,(H,15,16). The van der Waals surface area contributed by atoms with Crippen LogP contribution in [0.15, 0.2) is 24.3 Å². The number of rotatable bonds is 7. The van der Waals surface area contributed by atoms with Crippen LogP contribution < -0.4 is 10.6 Å². The van der Waals surface area contributed by atoms with Gasteiger partial charge in [0.1, 0.15) is 0 Å². The molecule has 1 aromatic carbocycles. The van der Waals surface area contributed by atoms with Crippen LogP contribution in [0, 0.1) is 0 Å². The van der Waals surface area contributed by atoms with E-state index >= 15 is 0 Å². The predicted octanol–water partition coefficient (Wildman–Crippen LogP) is 0.557. The number of carbonyl (C=O) groups is 1. The first-order chi connectivity index (χ1) is 8.65. The third-order valence-electron chi connectivity index (χ3n) is 2.58. The van der Waals surface area contributed by atoms with Gasteiger partial charge in [0, 0.05) is 34.9 Å². The molecule has 0 saturated carbocycles. The molecule has 18 heavy (non-hydrogen) atoms. The highest BCUT2D eigenvalue weighted by molar-refractivity contribution is 7.84. The summed E-state index contributed by atoms with van der Waals surface area (Å²) in [6.07, 6.45) is 2.45. The molecule has 4 nitrogen and oxygen atoms in total. The Morgan fingerprint density at radius 1 is 1.28 bits per heavy atom. The zero-order valence-electron chi connectivity index (χ0n) is 10.9. The number of amides is 1. The van der Waals surface area contributed by atoms with Crippen LogP contribution in [-0.4, -0.2) is 42.3 Å². The fourth-order valence-electron chi connectivity index (χ4n) is 1.62. The van der Waals surface area contributed by atoms with E-state index in [-0.39, 0.29) is 5.91 Å². The Kier molecular flexibility index (Phi) is 6.60. The predicted molar refractivity (Wildman–Crippen MR) is 75.3 cm³/mol. The van der Waals surface area contributed by atoms with Gasteiger partial charge in [0.2, 0.25) is 0 Å². The normalized spacial score (nSPS) is 12.1. The fourth-order valence-corrected chi connectivity index (χ4v) is 2.01. The van der Waals surface area contributed by atoms with Crippen LogP contribution in [0.1, 0.15) is 15.9 Å². The Morgan fingerprint density at radius 2 is 2.00 bits per heavy atom. The first-order valence-electron chi connectivity index (χ1n) is 5.96. The van der Waals surface area contributed by atoms with Crippen molar-refractivity contribution in [2.75, 3.05) is 32.1 Å². The number of hydrogen-bond acceptors (Lipinski definition) is 3. The van der Waals surface area contributed by atoms with E-state index in [0.29, 0.717) is 17.9 Å². The number of likely N-dealkylation sites (N-methyl/N-ethyl adjacent to an activating group) is 1. The minimum Gasteiger partial charge on any atom is -0.351 e. The summed E-state index contributed by atoms with van der Waals surface area (Å²) >= 11 is 0. The minimum atomic E-state index is -0.873. The molecular weight excluding hydrogens is 248 g/mol. The molecular formula is C13H20N2O2S. The van der Waals surface area contributed by atoms with Crippen LogP contribution in [0.2, 0.25) is 0 Å². The molecule has 5 heteroatoms. The molecule has 0 aliphatic heterocycles. The lowest BCUT2D eigenvalue weighted by Gasteiger charge is -2.09. The van der Waals surface area contributed by atoms with Crippen LogP contribution in [0.25, 0.3) is 0 Å². The average Bonchev–Trinajstić information content (AvgIpc) is 2.36. The van der Waals surface area contributed by atoms with Crippen molar-refractivity contribution >= 4 is 16.7 Å². The third-order valence-corrected chi connectivity index (χ3v) is 3.36. The van der Waals surface area contributed by atoms with Gasteiger partial charge in [-0.25, -0.2) is 0 Å². The molecule has 1 aromatic rings. The molecule has 0 aromatic heterocycles. The van der Waals surface area contributed by atoms with E-state index in [9.17, 15) is 9.00 Å². The van der Waals surface area contributed by atoms with Crippen LogP contribution in [0.5, 0.6) is 0 Å². The second kappa shape index (κ2) is 8.00. The first-order valence-corrected chi connectivity index (χ1v) is 7.68. The van der Waals surface area contributed by atoms with Crippen LogP contribution in [0.4, 0.5) is 0 Å². The maximum Gasteiger partial charge on any atom is 0.251 e. The maximum atomic E-state index is 12.0. The summed E-state index contributed by atoms with van der Waals surface area (Å²) in [6, 6.07) is 7.58. The van der Waals surface area contributed by atoms with E-state index in [1.165, 1.54) is 0 Å². The van der Waals surface area contributed by atoms with Gasteiger partial charge in [-0.15, -0.1) is 0 Å². The number of benzene rings is 1. The first kappa shape index (κ1) is 14.9. The molecule has 0 radical (unpaired) electrons. The Morgan fingerprint density at radius 3 is 2.67 bits per heavy atom. The van der Waals surface area contributed by atoms with Crippen molar-refractivity contribution in [3.63, 3.8) is 0 Å². The molecule has 2 N–H and O–H groups in total. The van der Waals surface area contributed by atoms with E-state index in [1.54, 1.807) is 6.26 Å². The lowest BCUT2D eigenvalue weighted by atomic mass is 10.0. The molecule has 100 valence electrons. The summed E-state index contributed by atoms with van der Waals surface area (Å²) < 4.78 is 10.9. The molecule has 1 atom stereocenters. The Hall–Kier alpha value is -1.20. The van der Waals surface area contributed by atoms with Gasteiger partial charge in [0.05, 0.1) is 0 Å². The zero-order valence-corrected chi connectivity index (χ0v) is 11.7. The van der Waals surface area contributed by atoms with Crippen LogP contribution >= 0.6 is 0 Å². The quantitative estimate of drug-likeness (QED) is 0.759. The minimum absolute atomic E-state index is 0.0906. The molecule has 1 amide bonds. The highest BCUT2D eigenvalue weighted by atomic mass is 32.2. The van der Waals surface area contributed by atoms with Gasteiger partial charge >= 0.3 is 0 Å². The van der Waals surface area contributed by atoms with Gasteiger partial charge in [0.15, 0.2) is 0 Å². The van der Waals surface area contributed by atoms with Gasteiger partial charge in [-0.2, -0.15) is 0 Å². The molecule has 0 spiro atoms. The molecule has 0 heterocycles. The van der Waals surface area contributed by atoms with E-state index in [1.807, 2.05) is 31.3 Å². The SMILES string of the molecule is CNCCc1ccccc1C(=O)NCCS(C)=O. The van der Waals surface area contributed by atoms with Crippen molar-refractivity contribution in [1.29, 1.82) is 0 Å². The van der Waals surface area contributed by atoms with E-state index in [2.05, 4.69) is 10.6 Å². The summed E-state index contributed by atoms with van der Waals surface area (Å²) in [5.74, 6) is 0.400. The smallest absolute Gasteiger partial charge is 0.251 e. The Labute approximate surface area is 111 Å². The van der Waals surface area contributed by atoms with E-state index < -0.39 is 10.8 Å². The van der Waals surface area contributed by atoms with Crippen molar-refractivity contribution in [1.82, 2.24) is 10.6 Å². The topological polar surface area (TPSA) is 58.2 Å². The zero-order chi connectivity index (χ0) is 13.4. The highest BCUT2D eigenvalue weighted by Gasteiger charge is 2.09. The summed E-state index contributed by atoms with van der Waals surface area (Å²) in [5.41, 5.74) is 1.73. The summed E-state index contributed by atoms with van der Waals surface area (Å²) in [7, 11) is 1.01. The monoisotopic (exact) mass is 268 g/mol. The van der Waals surface area contributed by atoms with Crippen molar-refractivity contribution in [2.45, 2.75) is 6.42 Å².